The van der Waals surface area contributed by atoms with Crippen LogP contribution >= 0.6 is 0 Å². The molecule has 0 radical (unpaired) electrons. The van der Waals surface area contributed by atoms with Crippen molar-refractivity contribution in [1.29, 1.82) is 0 Å². The van der Waals surface area contributed by atoms with Gasteiger partial charge in [0.25, 0.3) is 0 Å². The number of nitrogens with zero attached hydrogens (tertiary/aromatic N) is 3. The quantitative estimate of drug-likeness (QED) is 0.188. The first-order chi connectivity index (χ1) is 25.6. The van der Waals surface area contributed by atoms with Crippen LogP contribution < -0.4 is 0 Å². The largest absolute Gasteiger partial charge is 0.291 e. The molecule has 0 unspecified atom stereocenters. The molecule has 0 saturated carbocycles. The van der Waals surface area contributed by atoms with E-state index in [1.165, 1.54) is 65.7 Å². The third-order valence-electron chi connectivity index (χ3n) is 11.4. The molecule has 8 aromatic carbocycles. The lowest BCUT2D eigenvalue weighted by Crippen LogP contribution is -2.14. The van der Waals surface area contributed by atoms with E-state index in [2.05, 4.69) is 170 Å². The summed E-state index contributed by atoms with van der Waals surface area (Å²) in [6.07, 6.45) is 0. The van der Waals surface area contributed by atoms with Gasteiger partial charge in [0, 0.05) is 32.7 Å². The van der Waals surface area contributed by atoms with Crippen LogP contribution in [-0.2, 0) is 5.41 Å². The van der Waals surface area contributed by atoms with E-state index in [9.17, 15) is 0 Å². The molecule has 0 N–H and O–H groups in total. The third-order valence-corrected chi connectivity index (χ3v) is 11.4. The molecule has 2 heterocycles. The van der Waals surface area contributed by atoms with E-state index in [1.807, 2.05) is 12.1 Å². The van der Waals surface area contributed by atoms with E-state index >= 15 is 0 Å². The van der Waals surface area contributed by atoms with Gasteiger partial charge in [0.15, 0.2) is 5.82 Å². The fourth-order valence-corrected chi connectivity index (χ4v) is 8.90. The Morgan fingerprint density at radius 2 is 1.08 bits per heavy atom. The summed E-state index contributed by atoms with van der Waals surface area (Å²) in [7, 11) is 0. The lowest BCUT2D eigenvalue weighted by molar-refractivity contribution is 0.661. The van der Waals surface area contributed by atoms with Gasteiger partial charge in [-0.15, -0.1) is 0 Å². The number of fused-ring (bicyclic) bond motifs is 11. The molecule has 3 heteroatoms. The van der Waals surface area contributed by atoms with Gasteiger partial charge in [0.2, 0.25) is 0 Å². The Labute approximate surface area is 301 Å². The van der Waals surface area contributed by atoms with Crippen LogP contribution in [0.4, 0.5) is 0 Å². The molecule has 0 fully saturated rings. The van der Waals surface area contributed by atoms with E-state index in [4.69, 9.17) is 9.97 Å². The Hall–Kier alpha value is -6.58. The molecule has 1 aliphatic carbocycles. The Balaban J connectivity index is 1.29. The molecule has 0 aliphatic heterocycles. The van der Waals surface area contributed by atoms with Crippen molar-refractivity contribution in [2.45, 2.75) is 19.3 Å². The molecule has 244 valence electrons. The van der Waals surface area contributed by atoms with Crippen LogP contribution in [0.5, 0.6) is 0 Å². The lowest BCUT2D eigenvalue weighted by atomic mass is 9.82. The highest BCUT2D eigenvalue weighted by molar-refractivity contribution is 6.21. The van der Waals surface area contributed by atoms with Crippen LogP contribution in [0.15, 0.2) is 164 Å². The SMILES string of the molecule is CC1(C)c2ccc(-c3cccc4c5ccc6ccccc6c5n(-c5nc6ccccc6nc5-c5ccccc5)c34)cc2-c2c1ccc1ccccc21. The number of para-hydroxylation sites is 3. The summed E-state index contributed by atoms with van der Waals surface area (Å²) in [5.74, 6) is 0.826. The van der Waals surface area contributed by atoms with Crippen LogP contribution in [0.2, 0.25) is 0 Å². The van der Waals surface area contributed by atoms with Crippen molar-refractivity contribution >= 4 is 54.4 Å². The number of hydrogen-bond donors (Lipinski definition) is 0. The highest BCUT2D eigenvalue weighted by Crippen LogP contribution is 2.53. The molecular formula is C49H33N3. The summed E-state index contributed by atoms with van der Waals surface area (Å²) in [6.45, 7) is 4.72. The van der Waals surface area contributed by atoms with E-state index in [0.29, 0.717) is 0 Å². The molecule has 0 atom stereocenters. The van der Waals surface area contributed by atoms with Crippen molar-refractivity contribution in [3.05, 3.63) is 175 Å². The smallest absolute Gasteiger partial charge is 0.165 e. The van der Waals surface area contributed by atoms with E-state index in [-0.39, 0.29) is 5.41 Å². The van der Waals surface area contributed by atoms with Gasteiger partial charge in [-0.25, -0.2) is 9.97 Å². The molecule has 10 aromatic rings. The van der Waals surface area contributed by atoms with Gasteiger partial charge < -0.3 is 0 Å². The zero-order valence-electron chi connectivity index (χ0n) is 28.9. The second kappa shape index (κ2) is 10.7. The van der Waals surface area contributed by atoms with Crippen LogP contribution in [0.1, 0.15) is 25.0 Å². The zero-order valence-corrected chi connectivity index (χ0v) is 28.9. The molecule has 3 nitrogen and oxygen atoms in total. The van der Waals surface area contributed by atoms with Crippen molar-refractivity contribution in [2.24, 2.45) is 0 Å². The van der Waals surface area contributed by atoms with Gasteiger partial charge in [0.05, 0.1) is 22.1 Å². The number of hydrogen-bond acceptors (Lipinski definition) is 2. The van der Waals surface area contributed by atoms with Gasteiger partial charge in [-0.1, -0.05) is 159 Å². The predicted octanol–water partition coefficient (Wildman–Crippen LogP) is 12.7. The maximum atomic E-state index is 5.48. The molecular weight excluding hydrogens is 631 g/mol. The highest BCUT2D eigenvalue weighted by atomic mass is 15.1. The first kappa shape index (κ1) is 29.2. The average molecular weight is 664 g/mol. The summed E-state index contributed by atoms with van der Waals surface area (Å²) in [5.41, 5.74) is 13.6. The van der Waals surface area contributed by atoms with Gasteiger partial charge in [0.1, 0.15) is 5.69 Å². The Morgan fingerprint density at radius 3 is 1.90 bits per heavy atom. The first-order valence-corrected chi connectivity index (χ1v) is 18.0. The lowest BCUT2D eigenvalue weighted by Gasteiger charge is -2.22. The van der Waals surface area contributed by atoms with Crippen LogP contribution in [-0.4, -0.2) is 14.5 Å². The van der Waals surface area contributed by atoms with Crippen LogP contribution in [0.3, 0.4) is 0 Å². The molecule has 2 aromatic heterocycles. The fraction of sp³-hybridized carbons (Fsp3) is 0.0612. The maximum absolute atomic E-state index is 5.48. The molecule has 0 saturated heterocycles. The van der Waals surface area contributed by atoms with Crippen LogP contribution in [0, 0.1) is 0 Å². The molecule has 0 spiro atoms. The van der Waals surface area contributed by atoms with Gasteiger partial charge in [-0.2, -0.15) is 0 Å². The van der Waals surface area contributed by atoms with Gasteiger partial charge in [-0.05, 0) is 62.2 Å². The van der Waals surface area contributed by atoms with Gasteiger partial charge in [-0.3, -0.25) is 4.57 Å². The van der Waals surface area contributed by atoms with E-state index in [0.717, 1.165) is 39.1 Å². The minimum absolute atomic E-state index is 0.0989. The second-order valence-electron chi connectivity index (χ2n) is 14.6. The van der Waals surface area contributed by atoms with Crippen molar-refractivity contribution in [1.82, 2.24) is 14.5 Å². The summed E-state index contributed by atoms with van der Waals surface area (Å²) in [6, 6.07) is 59.2. The number of rotatable bonds is 3. The molecule has 52 heavy (non-hydrogen) atoms. The maximum Gasteiger partial charge on any atom is 0.165 e. The van der Waals surface area contributed by atoms with E-state index in [1.54, 1.807) is 0 Å². The fourth-order valence-electron chi connectivity index (χ4n) is 8.90. The Kier molecular flexibility index (Phi) is 6.01. The van der Waals surface area contributed by atoms with Gasteiger partial charge >= 0.3 is 0 Å². The summed E-state index contributed by atoms with van der Waals surface area (Å²) in [5, 5.41) is 7.35. The molecule has 1 aliphatic rings. The predicted molar refractivity (Wildman–Crippen MR) is 217 cm³/mol. The number of benzene rings is 8. The van der Waals surface area contributed by atoms with Crippen LogP contribution in [0.25, 0.3) is 93.7 Å². The molecule has 11 rings (SSSR count). The summed E-state index contributed by atoms with van der Waals surface area (Å²) < 4.78 is 2.41. The Bertz CT molecular complexity index is 3100. The number of aromatic nitrogens is 3. The normalized spacial score (nSPS) is 13.3. The molecule has 0 bridgehead atoms. The highest BCUT2D eigenvalue weighted by Gasteiger charge is 2.36. The summed E-state index contributed by atoms with van der Waals surface area (Å²) in [4.78, 5) is 10.8. The topological polar surface area (TPSA) is 30.7 Å². The first-order valence-electron chi connectivity index (χ1n) is 18.0. The third kappa shape index (κ3) is 4.02. The minimum atomic E-state index is -0.0989. The van der Waals surface area contributed by atoms with Crippen molar-refractivity contribution < 1.29 is 0 Å². The Morgan fingerprint density at radius 1 is 0.442 bits per heavy atom. The minimum Gasteiger partial charge on any atom is -0.291 e. The second-order valence-corrected chi connectivity index (χ2v) is 14.6. The average Bonchev–Trinajstić information content (AvgIpc) is 3.66. The standard InChI is InChI=1S/C49H33N3/c1-49(2)40-27-25-33(29-39(40)44-34-17-8-6-13-30(34)24-28-41(44)49)36-19-12-20-37-38-26-23-31-14-7-9-18-35(31)46(38)52(47(36)37)48-45(32-15-4-3-5-16-32)50-42-21-10-11-22-43(42)51-48/h3-29H,1-2H3. The zero-order chi connectivity index (χ0) is 34.6. The summed E-state index contributed by atoms with van der Waals surface area (Å²) >= 11 is 0. The van der Waals surface area contributed by atoms with Crippen molar-refractivity contribution in [3.63, 3.8) is 0 Å². The van der Waals surface area contributed by atoms with E-state index < -0.39 is 0 Å². The monoisotopic (exact) mass is 663 g/mol. The van der Waals surface area contributed by atoms with Crippen molar-refractivity contribution in [3.8, 4) is 39.3 Å². The molecule has 0 amide bonds. The van der Waals surface area contributed by atoms with Crippen molar-refractivity contribution in [2.75, 3.05) is 0 Å².